The molecule has 0 aliphatic heterocycles. The number of para-hydroxylation sites is 1. The van der Waals surface area contributed by atoms with Gasteiger partial charge in [-0.1, -0.05) is 35.0 Å². The Balaban J connectivity index is 1.80. The van der Waals surface area contributed by atoms with Gasteiger partial charge >= 0.3 is 0 Å². The molecule has 23 heavy (non-hydrogen) atoms. The second kappa shape index (κ2) is 5.60. The van der Waals surface area contributed by atoms with E-state index in [0.717, 1.165) is 22.5 Å². The molecule has 6 nitrogen and oxygen atoms in total. The van der Waals surface area contributed by atoms with Crippen molar-refractivity contribution in [3.05, 3.63) is 64.1 Å². The minimum Gasteiger partial charge on any atom is -0.271 e. The summed E-state index contributed by atoms with van der Waals surface area (Å²) in [5, 5.41) is 16.1. The molecule has 0 atom stereocenters. The van der Waals surface area contributed by atoms with Crippen molar-refractivity contribution in [1.29, 1.82) is 0 Å². The van der Waals surface area contributed by atoms with Gasteiger partial charge in [0.15, 0.2) is 10.6 Å². The van der Waals surface area contributed by atoms with Crippen molar-refractivity contribution in [3.63, 3.8) is 0 Å². The maximum atomic E-state index is 6.08. The van der Waals surface area contributed by atoms with Crippen molar-refractivity contribution in [2.24, 2.45) is 0 Å². The fourth-order valence-corrected chi connectivity index (χ4v) is 2.93. The van der Waals surface area contributed by atoms with Crippen LogP contribution in [-0.2, 0) is 6.54 Å². The molecule has 4 aromatic rings. The second-order valence-corrected chi connectivity index (χ2v) is 5.82. The van der Waals surface area contributed by atoms with E-state index in [-0.39, 0.29) is 0 Å². The lowest BCUT2D eigenvalue weighted by atomic mass is 10.3. The lowest BCUT2D eigenvalue weighted by Crippen LogP contribution is -2.09. The highest BCUT2D eigenvalue weighted by molar-refractivity contribution is 7.71. The van der Waals surface area contributed by atoms with Gasteiger partial charge in [-0.05, 0) is 42.5 Å². The van der Waals surface area contributed by atoms with Gasteiger partial charge in [-0.3, -0.25) is 9.67 Å². The number of rotatable bonds is 3. The first-order valence-corrected chi connectivity index (χ1v) is 7.71. The third-order valence-corrected chi connectivity index (χ3v) is 4.03. The van der Waals surface area contributed by atoms with E-state index in [4.69, 9.17) is 23.8 Å². The zero-order chi connectivity index (χ0) is 15.8. The largest absolute Gasteiger partial charge is 0.271 e. The van der Waals surface area contributed by atoms with Crippen molar-refractivity contribution >= 4 is 34.9 Å². The lowest BCUT2D eigenvalue weighted by Gasteiger charge is -2.07. The van der Waals surface area contributed by atoms with E-state index in [1.165, 1.54) is 0 Å². The Bertz CT molecular complexity index is 1050. The molecule has 0 unspecified atom stereocenters. The smallest absolute Gasteiger partial charge is 0.199 e. The fraction of sp³-hybridized carbons (Fsp3) is 0.0667. The van der Waals surface area contributed by atoms with E-state index in [9.17, 15) is 0 Å². The zero-order valence-electron chi connectivity index (χ0n) is 11.8. The van der Waals surface area contributed by atoms with Crippen molar-refractivity contribution in [3.8, 4) is 5.69 Å². The summed E-state index contributed by atoms with van der Waals surface area (Å²) in [4.78, 5) is 0. The van der Waals surface area contributed by atoms with Crippen LogP contribution in [0.25, 0.3) is 16.7 Å². The summed E-state index contributed by atoms with van der Waals surface area (Å²) in [5.41, 5.74) is 2.64. The summed E-state index contributed by atoms with van der Waals surface area (Å²) in [7, 11) is 0. The molecule has 0 fully saturated rings. The zero-order valence-corrected chi connectivity index (χ0v) is 13.4. The average molecular weight is 343 g/mol. The SMILES string of the molecule is S=c1[nH]nc(Cn2nnc3ccccc32)n1-c1cccc(Cl)c1. The molecule has 0 radical (unpaired) electrons. The number of aromatic amines is 1. The van der Waals surface area contributed by atoms with Crippen LogP contribution in [0, 0.1) is 4.77 Å². The number of aromatic nitrogens is 6. The molecule has 8 heteroatoms. The van der Waals surface area contributed by atoms with Gasteiger partial charge in [0, 0.05) is 5.02 Å². The van der Waals surface area contributed by atoms with Gasteiger partial charge in [-0.15, -0.1) is 5.10 Å². The monoisotopic (exact) mass is 342 g/mol. The average Bonchev–Trinajstić information content (AvgIpc) is 3.12. The molecule has 114 valence electrons. The van der Waals surface area contributed by atoms with Gasteiger partial charge in [0.1, 0.15) is 12.1 Å². The Morgan fingerprint density at radius 1 is 1.13 bits per heavy atom. The first-order valence-electron chi connectivity index (χ1n) is 6.93. The molecule has 4 rings (SSSR count). The molecular formula is C15H11ClN6S. The Labute approximate surface area is 141 Å². The van der Waals surface area contributed by atoms with Crippen LogP contribution < -0.4 is 0 Å². The van der Waals surface area contributed by atoms with Crippen LogP contribution in [0.3, 0.4) is 0 Å². The molecule has 0 bridgehead atoms. The van der Waals surface area contributed by atoms with E-state index < -0.39 is 0 Å². The van der Waals surface area contributed by atoms with Gasteiger partial charge in [0.25, 0.3) is 0 Å². The first-order chi connectivity index (χ1) is 11.2. The minimum atomic E-state index is 0.445. The normalized spacial score (nSPS) is 11.2. The highest BCUT2D eigenvalue weighted by Gasteiger charge is 2.12. The number of nitrogens with one attached hydrogen (secondary N) is 1. The Kier molecular flexibility index (Phi) is 3.44. The maximum absolute atomic E-state index is 6.08. The number of benzene rings is 2. The van der Waals surface area contributed by atoms with Gasteiger partial charge in [0.2, 0.25) is 0 Å². The number of H-pyrrole nitrogens is 1. The summed E-state index contributed by atoms with van der Waals surface area (Å²) in [5.74, 6) is 0.730. The fourth-order valence-electron chi connectivity index (χ4n) is 2.49. The predicted molar refractivity (Wildman–Crippen MR) is 90.4 cm³/mol. The highest BCUT2D eigenvalue weighted by atomic mass is 35.5. The molecule has 1 N–H and O–H groups in total. The molecule has 2 aromatic carbocycles. The van der Waals surface area contributed by atoms with Crippen LogP contribution in [0.5, 0.6) is 0 Å². The van der Waals surface area contributed by atoms with Crippen molar-refractivity contribution in [1.82, 2.24) is 29.8 Å². The third kappa shape index (κ3) is 2.54. The standard InChI is InChI=1S/C15H11ClN6S/c16-10-4-3-5-11(8-10)22-14(18-19-15(22)23)9-21-13-7-2-1-6-12(13)17-20-21/h1-8H,9H2,(H,19,23). The van der Waals surface area contributed by atoms with Crippen molar-refractivity contribution in [2.45, 2.75) is 6.54 Å². The minimum absolute atomic E-state index is 0.445. The van der Waals surface area contributed by atoms with Crippen LogP contribution in [0.1, 0.15) is 5.82 Å². The number of halogens is 1. The summed E-state index contributed by atoms with van der Waals surface area (Å²) in [6, 6.07) is 15.3. The van der Waals surface area contributed by atoms with Gasteiger partial charge in [0.05, 0.1) is 11.2 Å². The van der Waals surface area contributed by atoms with Gasteiger partial charge < -0.3 is 0 Å². The van der Waals surface area contributed by atoms with E-state index in [1.54, 1.807) is 4.68 Å². The quantitative estimate of drug-likeness (QED) is 0.580. The molecule has 0 saturated heterocycles. The molecule has 0 amide bonds. The summed E-state index contributed by atoms with van der Waals surface area (Å²) >= 11 is 11.4. The highest BCUT2D eigenvalue weighted by Crippen LogP contribution is 2.18. The maximum Gasteiger partial charge on any atom is 0.199 e. The molecule has 0 saturated carbocycles. The lowest BCUT2D eigenvalue weighted by molar-refractivity contribution is 0.633. The van der Waals surface area contributed by atoms with E-state index >= 15 is 0 Å². The second-order valence-electron chi connectivity index (χ2n) is 5.00. The van der Waals surface area contributed by atoms with Gasteiger partial charge in [-0.25, -0.2) is 4.68 Å². The molecule has 2 aromatic heterocycles. The molecule has 0 spiro atoms. The van der Waals surface area contributed by atoms with E-state index in [0.29, 0.717) is 16.3 Å². The topological polar surface area (TPSA) is 64.3 Å². The predicted octanol–water partition coefficient (Wildman–Crippen LogP) is 3.38. The third-order valence-electron chi connectivity index (χ3n) is 3.52. The van der Waals surface area contributed by atoms with Crippen LogP contribution in [0.4, 0.5) is 0 Å². The number of nitrogens with zero attached hydrogens (tertiary/aromatic N) is 5. The van der Waals surface area contributed by atoms with Crippen molar-refractivity contribution < 1.29 is 0 Å². The van der Waals surface area contributed by atoms with E-state index in [1.807, 2.05) is 53.1 Å². The molecule has 0 aliphatic carbocycles. The summed E-state index contributed by atoms with van der Waals surface area (Å²) in [6.07, 6.45) is 0. The van der Waals surface area contributed by atoms with Crippen LogP contribution >= 0.6 is 23.8 Å². The van der Waals surface area contributed by atoms with Crippen LogP contribution in [0.15, 0.2) is 48.5 Å². The summed E-state index contributed by atoms with van der Waals surface area (Å²) in [6.45, 7) is 0.445. The van der Waals surface area contributed by atoms with Crippen molar-refractivity contribution in [2.75, 3.05) is 0 Å². The molecular weight excluding hydrogens is 332 g/mol. The Morgan fingerprint density at radius 2 is 2.00 bits per heavy atom. The Morgan fingerprint density at radius 3 is 2.87 bits per heavy atom. The number of fused-ring (bicyclic) bond motifs is 1. The summed E-state index contributed by atoms with van der Waals surface area (Å²) < 4.78 is 4.14. The van der Waals surface area contributed by atoms with Crippen LogP contribution in [-0.4, -0.2) is 29.8 Å². The van der Waals surface area contributed by atoms with Crippen LogP contribution in [0.2, 0.25) is 5.02 Å². The Hall–Kier alpha value is -2.51. The molecule has 0 aliphatic rings. The van der Waals surface area contributed by atoms with E-state index in [2.05, 4.69) is 20.5 Å². The van der Waals surface area contributed by atoms with Gasteiger partial charge in [-0.2, -0.15) is 5.10 Å². The first kappa shape index (κ1) is 14.1. The molecule has 2 heterocycles. The number of hydrogen-bond acceptors (Lipinski definition) is 4. The number of hydrogen-bond donors (Lipinski definition) is 1.